The maximum absolute atomic E-state index is 10.6. The number of hydrogen-bond acceptors (Lipinski definition) is 2. The third-order valence-corrected chi connectivity index (χ3v) is 3.58. The highest BCUT2D eigenvalue weighted by molar-refractivity contribution is 5.81. The molecule has 0 amide bonds. The molecule has 3 heteroatoms. The number of aliphatic carboxylic acids is 1. The number of ether oxygens (including phenoxy) is 1. The average molecular weight is 310 g/mol. The number of carboxylic acids is 1. The molecular formula is C20H22O3. The second-order valence-electron chi connectivity index (χ2n) is 5.76. The average Bonchev–Trinajstić information content (AvgIpc) is 2.46. The summed E-state index contributed by atoms with van der Waals surface area (Å²) in [5.74, 6) is 0.0233. The van der Waals surface area contributed by atoms with Crippen molar-refractivity contribution in [1.82, 2.24) is 0 Å². The van der Waals surface area contributed by atoms with Gasteiger partial charge in [-0.1, -0.05) is 42.0 Å². The van der Waals surface area contributed by atoms with Gasteiger partial charge < -0.3 is 9.84 Å². The highest BCUT2D eigenvalue weighted by Gasteiger charge is 2.14. The number of rotatable bonds is 4. The molecule has 0 fully saturated rings. The van der Waals surface area contributed by atoms with Crippen LogP contribution in [0.15, 0.2) is 59.7 Å². The summed E-state index contributed by atoms with van der Waals surface area (Å²) in [5.41, 5.74) is 5.45. The zero-order valence-corrected chi connectivity index (χ0v) is 13.8. The Labute approximate surface area is 137 Å². The third-order valence-electron chi connectivity index (χ3n) is 3.58. The van der Waals surface area contributed by atoms with Crippen LogP contribution in [-0.2, 0) is 4.79 Å². The van der Waals surface area contributed by atoms with E-state index < -0.39 is 5.97 Å². The first-order chi connectivity index (χ1) is 11.0. The fourth-order valence-electron chi connectivity index (χ4n) is 2.49. The van der Waals surface area contributed by atoms with E-state index in [4.69, 9.17) is 9.84 Å². The lowest BCUT2D eigenvalue weighted by atomic mass is 9.96. The van der Waals surface area contributed by atoms with Crippen molar-refractivity contribution < 1.29 is 14.6 Å². The van der Waals surface area contributed by atoms with Gasteiger partial charge in [0.25, 0.3) is 0 Å². The van der Waals surface area contributed by atoms with Crippen LogP contribution in [-0.4, -0.2) is 17.7 Å². The van der Waals surface area contributed by atoms with Crippen LogP contribution in [0.2, 0.25) is 0 Å². The summed E-state index contributed by atoms with van der Waals surface area (Å²) in [6.45, 7) is 6.57. The van der Waals surface area contributed by atoms with E-state index in [-0.39, 0.29) is 0 Å². The van der Waals surface area contributed by atoms with Crippen LogP contribution in [0, 0.1) is 6.92 Å². The summed E-state index contributed by atoms with van der Waals surface area (Å²) in [6, 6.07) is 6.28. The first kappa shape index (κ1) is 16.8. The molecular weight excluding hydrogens is 288 g/mol. The second kappa shape index (κ2) is 7.63. The Hall–Kier alpha value is -2.55. The molecule has 0 saturated heterocycles. The van der Waals surface area contributed by atoms with Gasteiger partial charge in [-0.05, 0) is 43.5 Å². The van der Waals surface area contributed by atoms with E-state index in [0.29, 0.717) is 12.2 Å². The Kier molecular flexibility index (Phi) is 5.58. The molecule has 0 atom stereocenters. The van der Waals surface area contributed by atoms with Crippen LogP contribution >= 0.6 is 0 Å². The molecule has 2 rings (SSSR count). The van der Waals surface area contributed by atoms with E-state index in [9.17, 15) is 4.79 Å². The van der Waals surface area contributed by atoms with Gasteiger partial charge in [0.15, 0.2) is 0 Å². The predicted molar refractivity (Wildman–Crippen MR) is 93.6 cm³/mol. The number of carboxylic acid groups (broad SMARTS) is 1. The summed E-state index contributed by atoms with van der Waals surface area (Å²) in [7, 11) is 0. The van der Waals surface area contributed by atoms with Gasteiger partial charge in [-0.2, -0.15) is 0 Å². The Morgan fingerprint density at radius 3 is 2.78 bits per heavy atom. The van der Waals surface area contributed by atoms with E-state index in [2.05, 4.69) is 31.2 Å². The Morgan fingerprint density at radius 2 is 2.04 bits per heavy atom. The van der Waals surface area contributed by atoms with Crippen LogP contribution in [0.4, 0.5) is 0 Å². The highest BCUT2D eigenvalue weighted by Crippen LogP contribution is 2.34. The lowest BCUT2D eigenvalue weighted by Gasteiger charge is -2.20. The topological polar surface area (TPSA) is 46.5 Å². The number of fused-ring (bicyclic) bond motifs is 1. The van der Waals surface area contributed by atoms with Gasteiger partial charge in [0.2, 0.25) is 0 Å². The van der Waals surface area contributed by atoms with E-state index in [1.807, 2.05) is 19.1 Å². The van der Waals surface area contributed by atoms with Crippen LogP contribution in [0.1, 0.15) is 31.4 Å². The molecule has 0 bridgehead atoms. The summed E-state index contributed by atoms with van der Waals surface area (Å²) in [5, 5.41) is 8.67. The van der Waals surface area contributed by atoms with Crippen LogP contribution in [0.25, 0.3) is 5.57 Å². The molecule has 1 aromatic carbocycles. The van der Waals surface area contributed by atoms with Crippen molar-refractivity contribution in [3.63, 3.8) is 0 Å². The van der Waals surface area contributed by atoms with Crippen LogP contribution in [0.5, 0.6) is 5.75 Å². The van der Waals surface area contributed by atoms with Crippen molar-refractivity contribution >= 4 is 11.5 Å². The van der Waals surface area contributed by atoms with Crippen molar-refractivity contribution in [2.75, 3.05) is 6.61 Å². The van der Waals surface area contributed by atoms with Gasteiger partial charge in [-0.3, -0.25) is 0 Å². The van der Waals surface area contributed by atoms with Crippen molar-refractivity contribution in [2.45, 2.75) is 27.2 Å². The van der Waals surface area contributed by atoms with Crippen molar-refractivity contribution in [3.8, 4) is 5.75 Å². The molecule has 1 aliphatic rings. The van der Waals surface area contributed by atoms with Crippen molar-refractivity contribution in [2.24, 2.45) is 0 Å². The molecule has 120 valence electrons. The van der Waals surface area contributed by atoms with E-state index in [1.165, 1.54) is 17.2 Å². The predicted octanol–water partition coefficient (Wildman–Crippen LogP) is 4.69. The molecule has 0 spiro atoms. The van der Waals surface area contributed by atoms with E-state index >= 15 is 0 Å². The fraction of sp³-hybridized carbons (Fsp3) is 0.250. The maximum atomic E-state index is 10.6. The number of hydrogen-bond donors (Lipinski definition) is 1. The van der Waals surface area contributed by atoms with Gasteiger partial charge in [-0.15, -0.1) is 0 Å². The number of allylic oxidation sites excluding steroid dienone is 6. The Balaban J connectivity index is 2.18. The van der Waals surface area contributed by atoms with Crippen LogP contribution < -0.4 is 4.74 Å². The lowest BCUT2D eigenvalue weighted by molar-refractivity contribution is -0.131. The molecule has 1 aromatic rings. The first-order valence-corrected chi connectivity index (χ1v) is 7.66. The van der Waals surface area contributed by atoms with E-state index in [1.54, 1.807) is 13.0 Å². The molecule has 1 heterocycles. The minimum Gasteiger partial charge on any atom is -0.493 e. The van der Waals surface area contributed by atoms with Gasteiger partial charge in [-0.25, -0.2) is 4.79 Å². The maximum Gasteiger partial charge on any atom is 0.328 e. The molecule has 0 unspecified atom stereocenters. The molecule has 3 nitrogen and oxygen atoms in total. The number of carbonyl (C=O) groups is 1. The smallest absolute Gasteiger partial charge is 0.328 e. The van der Waals surface area contributed by atoms with Gasteiger partial charge in [0.05, 0.1) is 6.61 Å². The molecule has 23 heavy (non-hydrogen) atoms. The summed E-state index contributed by atoms with van der Waals surface area (Å²) < 4.78 is 5.73. The van der Waals surface area contributed by atoms with Gasteiger partial charge in [0.1, 0.15) is 5.75 Å². The Morgan fingerprint density at radius 1 is 1.26 bits per heavy atom. The molecule has 0 radical (unpaired) electrons. The largest absolute Gasteiger partial charge is 0.493 e. The standard InChI is InChI=1S/C20H22O3/c1-14(5-4-6-15(2)13-20(21)22)11-17-9-10-23-19-12-16(3)7-8-18(17)19/h4-8,11-13H,9-10H2,1-3H3,(H,21,22)/b6-4+,14-5-,15-13+,17-11+. The minimum absolute atomic E-state index is 0.700. The monoisotopic (exact) mass is 310 g/mol. The lowest BCUT2D eigenvalue weighted by Crippen LogP contribution is -2.07. The number of aryl methyl sites for hydroxylation is 1. The highest BCUT2D eigenvalue weighted by atomic mass is 16.5. The molecule has 1 aliphatic heterocycles. The van der Waals surface area contributed by atoms with Crippen LogP contribution in [0.3, 0.4) is 0 Å². The SMILES string of the molecule is CC(=C/C=C/C(C)=C/C(=O)O)/C=C1\CCOc2cc(C)ccc21. The quantitative estimate of drug-likeness (QED) is 0.648. The normalized spacial score (nSPS) is 17.3. The van der Waals surface area contributed by atoms with Crippen molar-refractivity contribution in [3.05, 3.63) is 70.9 Å². The van der Waals surface area contributed by atoms with Gasteiger partial charge >= 0.3 is 5.97 Å². The summed E-state index contributed by atoms with van der Waals surface area (Å²) in [4.78, 5) is 10.6. The summed E-state index contributed by atoms with van der Waals surface area (Å²) >= 11 is 0. The van der Waals surface area contributed by atoms with E-state index in [0.717, 1.165) is 23.3 Å². The first-order valence-electron chi connectivity index (χ1n) is 7.66. The summed E-state index contributed by atoms with van der Waals surface area (Å²) in [6.07, 6.45) is 9.89. The molecule has 0 aliphatic carbocycles. The fourth-order valence-corrected chi connectivity index (χ4v) is 2.49. The second-order valence-corrected chi connectivity index (χ2v) is 5.76. The minimum atomic E-state index is -0.927. The van der Waals surface area contributed by atoms with Gasteiger partial charge in [0, 0.05) is 18.1 Å². The molecule has 0 saturated carbocycles. The molecule has 0 aromatic heterocycles. The Bertz CT molecular complexity index is 718. The zero-order chi connectivity index (χ0) is 16.8. The number of benzene rings is 1. The molecule has 1 N–H and O–H groups in total. The van der Waals surface area contributed by atoms with Crippen molar-refractivity contribution in [1.29, 1.82) is 0 Å². The zero-order valence-electron chi connectivity index (χ0n) is 13.8. The third kappa shape index (κ3) is 4.99.